The molecule has 0 amide bonds. The third kappa shape index (κ3) is 6.99. The molecule has 0 bridgehead atoms. The minimum Gasteiger partial charge on any atom is -0.497 e. The maximum atomic E-state index is 5.47. The molecule has 0 saturated carbocycles. The number of methoxy groups -OCH3 is 2. The molecule has 160 valence electrons. The minimum atomic E-state index is 0. The van der Waals surface area contributed by atoms with Crippen LogP contribution in [-0.2, 0) is 6.54 Å². The van der Waals surface area contributed by atoms with Crippen LogP contribution in [0.3, 0.4) is 0 Å². The molecule has 1 unspecified atom stereocenters. The maximum absolute atomic E-state index is 5.47. The van der Waals surface area contributed by atoms with Crippen molar-refractivity contribution in [3.63, 3.8) is 0 Å². The first-order valence-corrected chi connectivity index (χ1v) is 9.80. The third-order valence-electron chi connectivity index (χ3n) is 5.37. The Labute approximate surface area is 187 Å². The zero-order valence-electron chi connectivity index (χ0n) is 18.2. The summed E-state index contributed by atoms with van der Waals surface area (Å²) < 4.78 is 10.7. The number of benzene rings is 1. The zero-order chi connectivity index (χ0) is 19.9. The fraction of sp³-hybridized carbons (Fsp3) is 0.667. The van der Waals surface area contributed by atoms with Crippen LogP contribution in [0.1, 0.15) is 39.2 Å². The highest BCUT2D eigenvalue weighted by molar-refractivity contribution is 14.0. The summed E-state index contributed by atoms with van der Waals surface area (Å²) in [5, 5.41) is 6.87. The van der Waals surface area contributed by atoms with Gasteiger partial charge in [-0.3, -0.25) is 9.89 Å². The summed E-state index contributed by atoms with van der Waals surface area (Å²) in [6.45, 7) is 10.8. The lowest BCUT2D eigenvalue weighted by atomic mass is 9.93. The van der Waals surface area contributed by atoms with Gasteiger partial charge in [-0.05, 0) is 51.3 Å². The van der Waals surface area contributed by atoms with Crippen molar-refractivity contribution in [2.75, 3.05) is 40.9 Å². The van der Waals surface area contributed by atoms with Crippen molar-refractivity contribution in [3.05, 3.63) is 23.8 Å². The largest absolute Gasteiger partial charge is 0.497 e. The van der Waals surface area contributed by atoms with Gasteiger partial charge in [-0.15, -0.1) is 24.0 Å². The van der Waals surface area contributed by atoms with Gasteiger partial charge in [0.1, 0.15) is 11.5 Å². The SMILES string of the molecule is CN=C(NCc1ccc(OC)cc1OC)NCC(C)(C)N1CCCC(C)C1.I. The van der Waals surface area contributed by atoms with Crippen molar-refractivity contribution in [1.82, 2.24) is 15.5 Å². The molecule has 1 saturated heterocycles. The van der Waals surface area contributed by atoms with Gasteiger partial charge in [-0.25, -0.2) is 0 Å². The average Bonchev–Trinajstić information content (AvgIpc) is 2.68. The molecule has 1 aromatic rings. The number of hydrogen-bond donors (Lipinski definition) is 2. The number of piperidine rings is 1. The van der Waals surface area contributed by atoms with Gasteiger partial charge >= 0.3 is 0 Å². The van der Waals surface area contributed by atoms with Crippen LogP contribution < -0.4 is 20.1 Å². The first kappa shape index (κ1) is 24.8. The molecule has 1 aromatic carbocycles. The van der Waals surface area contributed by atoms with Crippen molar-refractivity contribution in [2.45, 2.75) is 45.7 Å². The lowest BCUT2D eigenvalue weighted by molar-refractivity contribution is 0.0739. The second kappa shape index (κ2) is 11.7. The molecule has 1 fully saturated rings. The predicted octanol–water partition coefficient (Wildman–Crippen LogP) is 3.50. The molecule has 1 atom stereocenters. The van der Waals surface area contributed by atoms with E-state index in [1.807, 2.05) is 18.2 Å². The van der Waals surface area contributed by atoms with Crippen LogP contribution >= 0.6 is 24.0 Å². The molecule has 1 heterocycles. The Hall–Kier alpha value is -1.22. The van der Waals surface area contributed by atoms with E-state index in [4.69, 9.17) is 9.47 Å². The van der Waals surface area contributed by atoms with Crippen molar-refractivity contribution >= 4 is 29.9 Å². The number of nitrogens with zero attached hydrogens (tertiary/aromatic N) is 2. The van der Waals surface area contributed by atoms with E-state index in [1.165, 1.54) is 25.9 Å². The van der Waals surface area contributed by atoms with Crippen LogP contribution in [0.15, 0.2) is 23.2 Å². The molecule has 0 aromatic heterocycles. The lowest BCUT2D eigenvalue weighted by Crippen LogP contribution is -2.55. The molecule has 1 aliphatic heterocycles. The van der Waals surface area contributed by atoms with Crippen LogP contribution in [0.25, 0.3) is 0 Å². The number of guanidine groups is 1. The van der Waals surface area contributed by atoms with Gasteiger partial charge in [-0.2, -0.15) is 0 Å². The Balaban J connectivity index is 0.00000392. The van der Waals surface area contributed by atoms with Gasteiger partial charge in [0.15, 0.2) is 5.96 Å². The summed E-state index contributed by atoms with van der Waals surface area (Å²) in [6, 6.07) is 5.85. The molecule has 2 N–H and O–H groups in total. The molecule has 7 heteroatoms. The highest BCUT2D eigenvalue weighted by Gasteiger charge is 2.30. The van der Waals surface area contributed by atoms with Crippen molar-refractivity contribution in [2.24, 2.45) is 10.9 Å². The highest BCUT2D eigenvalue weighted by atomic mass is 127. The molecule has 1 aliphatic rings. The van der Waals surface area contributed by atoms with Gasteiger partial charge in [0, 0.05) is 43.9 Å². The Morgan fingerprint density at radius 2 is 2.00 bits per heavy atom. The fourth-order valence-electron chi connectivity index (χ4n) is 3.55. The second-order valence-electron chi connectivity index (χ2n) is 7.96. The van der Waals surface area contributed by atoms with Gasteiger partial charge < -0.3 is 20.1 Å². The third-order valence-corrected chi connectivity index (χ3v) is 5.37. The molecule has 0 aliphatic carbocycles. The number of halogens is 1. The van der Waals surface area contributed by atoms with Crippen LogP contribution in [0.2, 0.25) is 0 Å². The van der Waals surface area contributed by atoms with Crippen molar-refractivity contribution < 1.29 is 9.47 Å². The number of nitrogens with one attached hydrogen (secondary N) is 2. The normalized spacial score (nSPS) is 18.2. The van der Waals surface area contributed by atoms with Gasteiger partial charge in [-0.1, -0.05) is 6.92 Å². The van der Waals surface area contributed by atoms with E-state index >= 15 is 0 Å². The highest BCUT2D eigenvalue weighted by Crippen LogP contribution is 2.25. The molecular formula is C21H37IN4O2. The molecule has 6 nitrogen and oxygen atoms in total. The summed E-state index contributed by atoms with van der Waals surface area (Å²) in [7, 11) is 5.13. The number of likely N-dealkylation sites (tertiary alicyclic amines) is 1. The molecule has 2 rings (SSSR count). The van der Waals surface area contributed by atoms with Crippen LogP contribution in [0, 0.1) is 5.92 Å². The lowest BCUT2D eigenvalue weighted by Gasteiger charge is -2.43. The number of ether oxygens (including phenoxy) is 2. The molecule has 0 radical (unpaired) electrons. The van der Waals surface area contributed by atoms with Crippen molar-refractivity contribution in [3.8, 4) is 11.5 Å². The average molecular weight is 504 g/mol. The van der Waals surface area contributed by atoms with E-state index in [1.54, 1.807) is 21.3 Å². The number of aliphatic imine (C=N–C) groups is 1. The maximum Gasteiger partial charge on any atom is 0.191 e. The van der Waals surface area contributed by atoms with Gasteiger partial charge in [0.2, 0.25) is 0 Å². The summed E-state index contributed by atoms with van der Waals surface area (Å²) in [5.74, 6) is 3.17. The summed E-state index contributed by atoms with van der Waals surface area (Å²) >= 11 is 0. The van der Waals surface area contributed by atoms with E-state index in [-0.39, 0.29) is 29.5 Å². The van der Waals surface area contributed by atoms with E-state index < -0.39 is 0 Å². The second-order valence-corrected chi connectivity index (χ2v) is 7.96. The number of rotatable bonds is 7. The first-order chi connectivity index (χ1) is 12.9. The van der Waals surface area contributed by atoms with Gasteiger partial charge in [0.25, 0.3) is 0 Å². The molecule has 0 spiro atoms. The van der Waals surface area contributed by atoms with Crippen LogP contribution in [0.4, 0.5) is 0 Å². The van der Waals surface area contributed by atoms with Crippen LogP contribution in [-0.4, -0.2) is 57.3 Å². The monoisotopic (exact) mass is 504 g/mol. The smallest absolute Gasteiger partial charge is 0.191 e. The van der Waals surface area contributed by atoms with Gasteiger partial charge in [0.05, 0.1) is 14.2 Å². The fourth-order valence-corrected chi connectivity index (χ4v) is 3.55. The molecule has 28 heavy (non-hydrogen) atoms. The minimum absolute atomic E-state index is 0. The van der Waals surface area contributed by atoms with Crippen molar-refractivity contribution in [1.29, 1.82) is 0 Å². The quantitative estimate of drug-likeness (QED) is 0.338. The van der Waals surface area contributed by atoms with E-state index in [0.717, 1.165) is 35.5 Å². The van der Waals surface area contributed by atoms with E-state index in [9.17, 15) is 0 Å². The first-order valence-electron chi connectivity index (χ1n) is 9.80. The Kier molecular flexibility index (Phi) is 10.4. The summed E-state index contributed by atoms with van der Waals surface area (Å²) in [6.07, 6.45) is 2.63. The Bertz CT molecular complexity index is 637. The standard InChI is InChI=1S/C21H36N4O2.HI/c1-16-8-7-11-25(14-16)21(2,3)15-24-20(22-4)23-13-17-9-10-18(26-5)12-19(17)27-6;/h9-10,12,16H,7-8,11,13-15H2,1-6H3,(H2,22,23,24);1H. The topological polar surface area (TPSA) is 58.1 Å². The number of hydrogen-bond acceptors (Lipinski definition) is 4. The Morgan fingerprint density at radius 1 is 1.25 bits per heavy atom. The van der Waals surface area contributed by atoms with E-state index in [0.29, 0.717) is 6.54 Å². The summed E-state index contributed by atoms with van der Waals surface area (Å²) in [5.41, 5.74) is 1.15. The zero-order valence-corrected chi connectivity index (χ0v) is 20.5. The van der Waals surface area contributed by atoms with Crippen LogP contribution in [0.5, 0.6) is 11.5 Å². The Morgan fingerprint density at radius 3 is 2.61 bits per heavy atom. The van der Waals surface area contributed by atoms with E-state index in [2.05, 4.69) is 41.3 Å². The summed E-state index contributed by atoms with van der Waals surface area (Å²) in [4.78, 5) is 6.96. The predicted molar refractivity (Wildman–Crippen MR) is 127 cm³/mol. The molecular weight excluding hydrogens is 467 g/mol.